The van der Waals surface area contributed by atoms with Crippen molar-refractivity contribution in [3.8, 4) is 10.6 Å². The highest BCUT2D eigenvalue weighted by Gasteiger charge is 2.38. The average molecular weight is 403 g/mol. The van der Waals surface area contributed by atoms with Gasteiger partial charge >= 0.3 is 6.09 Å². The van der Waals surface area contributed by atoms with Crippen LogP contribution in [0.2, 0.25) is 0 Å². The maximum atomic E-state index is 12.7. The van der Waals surface area contributed by atoms with Crippen LogP contribution in [0.4, 0.5) is 4.79 Å². The molecule has 4 rings (SSSR count). The van der Waals surface area contributed by atoms with Crippen LogP contribution < -0.4 is 0 Å². The van der Waals surface area contributed by atoms with Gasteiger partial charge in [-0.2, -0.15) is 5.10 Å². The van der Waals surface area contributed by atoms with Gasteiger partial charge in [-0.1, -0.05) is 19.9 Å². The number of carbonyl (C=O) groups is 2. The molecule has 2 saturated heterocycles. The lowest BCUT2D eigenvalue weighted by molar-refractivity contribution is -0.133. The van der Waals surface area contributed by atoms with Crippen LogP contribution in [-0.4, -0.2) is 63.9 Å². The van der Waals surface area contributed by atoms with Crippen LogP contribution in [-0.2, 0) is 16.1 Å². The molecular weight excluding hydrogens is 376 g/mol. The van der Waals surface area contributed by atoms with Crippen molar-refractivity contribution < 1.29 is 14.3 Å². The highest BCUT2D eigenvalue weighted by atomic mass is 32.1. The number of hydrogen-bond donors (Lipinski definition) is 0. The van der Waals surface area contributed by atoms with Crippen molar-refractivity contribution in [2.45, 2.75) is 39.3 Å². The first-order valence-electron chi connectivity index (χ1n) is 9.70. The first kappa shape index (κ1) is 19.0. The quantitative estimate of drug-likeness (QED) is 0.788. The molecule has 8 heteroatoms. The monoisotopic (exact) mass is 402 g/mol. The van der Waals surface area contributed by atoms with Gasteiger partial charge in [-0.05, 0) is 30.4 Å². The van der Waals surface area contributed by atoms with Gasteiger partial charge in [0.25, 0.3) is 0 Å². The van der Waals surface area contributed by atoms with Crippen LogP contribution in [0, 0.1) is 5.41 Å². The summed E-state index contributed by atoms with van der Waals surface area (Å²) in [6.45, 7) is 6.97. The highest BCUT2D eigenvalue weighted by molar-refractivity contribution is 7.13. The molecule has 0 aromatic carbocycles. The molecule has 0 bridgehead atoms. The molecule has 0 spiro atoms. The number of thiophene rings is 1. The lowest BCUT2D eigenvalue weighted by Gasteiger charge is -2.44. The van der Waals surface area contributed by atoms with Gasteiger partial charge in [0, 0.05) is 37.3 Å². The van der Waals surface area contributed by atoms with Crippen molar-refractivity contribution in [3.05, 3.63) is 29.8 Å². The molecule has 0 aliphatic carbocycles. The van der Waals surface area contributed by atoms with Gasteiger partial charge in [0.1, 0.15) is 12.2 Å². The van der Waals surface area contributed by atoms with E-state index < -0.39 is 0 Å². The van der Waals surface area contributed by atoms with Crippen LogP contribution in [0.5, 0.6) is 0 Å². The first-order chi connectivity index (χ1) is 13.4. The van der Waals surface area contributed by atoms with Crippen LogP contribution in [0.25, 0.3) is 10.6 Å². The molecule has 2 aromatic heterocycles. The summed E-state index contributed by atoms with van der Waals surface area (Å²) in [7, 11) is 0. The Kier molecular flexibility index (Phi) is 5.14. The standard InChI is InChI=1S/C20H26N4O3S/c1-20(2)13-24(19(26)27-14-20)15-5-8-22(9-6-15)18(25)12-23-10-7-16(21-23)17-4-3-11-28-17/h3-4,7,10-11,15H,5-6,8-9,12-14H2,1-2H3. The molecule has 2 aliphatic rings. The minimum Gasteiger partial charge on any atom is -0.449 e. The van der Waals surface area contributed by atoms with Crippen LogP contribution >= 0.6 is 11.3 Å². The van der Waals surface area contributed by atoms with Gasteiger partial charge in [0.15, 0.2) is 0 Å². The van der Waals surface area contributed by atoms with Crippen molar-refractivity contribution >= 4 is 23.3 Å². The Hall–Kier alpha value is -2.35. The van der Waals surface area contributed by atoms with E-state index in [1.807, 2.05) is 39.6 Å². The van der Waals surface area contributed by atoms with E-state index in [-0.39, 0.29) is 30.0 Å². The minimum absolute atomic E-state index is 0.0266. The summed E-state index contributed by atoms with van der Waals surface area (Å²) in [4.78, 5) is 29.7. The smallest absolute Gasteiger partial charge is 0.410 e. The average Bonchev–Trinajstić information content (AvgIpc) is 3.35. The Bertz CT molecular complexity index is 838. The van der Waals surface area contributed by atoms with Crippen molar-refractivity contribution in [1.29, 1.82) is 0 Å². The molecule has 0 atom stereocenters. The predicted octanol–water partition coefficient (Wildman–Crippen LogP) is 3.08. The Labute approximate surface area is 168 Å². The number of cyclic esters (lactones) is 1. The van der Waals surface area contributed by atoms with E-state index >= 15 is 0 Å². The third kappa shape index (κ3) is 4.06. The van der Waals surface area contributed by atoms with E-state index in [1.165, 1.54) is 0 Å². The zero-order valence-corrected chi connectivity index (χ0v) is 17.2. The molecule has 4 heterocycles. The molecule has 2 aromatic rings. The number of carbonyl (C=O) groups excluding carboxylic acids is 2. The van der Waals surface area contributed by atoms with Gasteiger partial charge in [0.2, 0.25) is 5.91 Å². The van der Waals surface area contributed by atoms with Crippen LogP contribution in [0.3, 0.4) is 0 Å². The number of likely N-dealkylation sites (tertiary alicyclic amines) is 1. The fraction of sp³-hybridized carbons (Fsp3) is 0.550. The predicted molar refractivity (Wildman–Crippen MR) is 107 cm³/mol. The van der Waals surface area contributed by atoms with E-state index in [0.717, 1.165) is 23.4 Å². The van der Waals surface area contributed by atoms with E-state index in [9.17, 15) is 9.59 Å². The normalized spacial score (nSPS) is 20.3. The van der Waals surface area contributed by atoms with Crippen molar-refractivity contribution in [2.75, 3.05) is 26.2 Å². The van der Waals surface area contributed by atoms with Crippen molar-refractivity contribution in [3.63, 3.8) is 0 Å². The fourth-order valence-electron chi connectivity index (χ4n) is 3.86. The summed E-state index contributed by atoms with van der Waals surface area (Å²) in [6, 6.07) is 6.10. The van der Waals surface area contributed by atoms with Crippen molar-refractivity contribution in [2.24, 2.45) is 5.41 Å². The van der Waals surface area contributed by atoms with E-state index in [0.29, 0.717) is 26.2 Å². The van der Waals surface area contributed by atoms with Gasteiger partial charge in [0.05, 0.1) is 11.5 Å². The maximum absolute atomic E-state index is 12.7. The second-order valence-corrected chi connectivity index (χ2v) is 9.28. The van der Waals surface area contributed by atoms with E-state index in [2.05, 4.69) is 18.9 Å². The number of amides is 2. The number of hydrogen-bond acceptors (Lipinski definition) is 5. The molecule has 0 saturated carbocycles. The molecule has 0 N–H and O–H groups in total. The largest absolute Gasteiger partial charge is 0.449 e. The van der Waals surface area contributed by atoms with E-state index in [4.69, 9.17) is 4.74 Å². The Morgan fingerprint density at radius 3 is 2.82 bits per heavy atom. The molecule has 2 amide bonds. The molecule has 150 valence electrons. The summed E-state index contributed by atoms with van der Waals surface area (Å²) in [5.74, 6) is 0.0702. The molecule has 7 nitrogen and oxygen atoms in total. The van der Waals surface area contributed by atoms with E-state index in [1.54, 1.807) is 16.0 Å². The number of rotatable bonds is 4. The van der Waals surface area contributed by atoms with Crippen LogP contribution in [0.15, 0.2) is 29.8 Å². The molecule has 0 radical (unpaired) electrons. The SMILES string of the molecule is CC1(C)COC(=O)N(C2CCN(C(=O)Cn3ccc(-c4cccs4)n3)CC2)C1. The summed E-state index contributed by atoms with van der Waals surface area (Å²) in [5, 5.41) is 6.53. The third-order valence-electron chi connectivity index (χ3n) is 5.39. The summed E-state index contributed by atoms with van der Waals surface area (Å²) in [6.07, 6.45) is 3.21. The lowest BCUT2D eigenvalue weighted by atomic mass is 9.91. The zero-order valence-electron chi connectivity index (χ0n) is 16.3. The molecular formula is C20H26N4O3S. The first-order valence-corrected chi connectivity index (χ1v) is 10.6. The summed E-state index contributed by atoms with van der Waals surface area (Å²) >= 11 is 1.64. The number of ether oxygens (including phenoxy) is 1. The summed E-state index contributed by atoms with van der Waals surface area (Å²) in [5.41, 5.74) is 0.869. The van der Waals surface area contributed by atoms with Crippen molar-refractivity contribution in [1.82, 2.24) is 19.6 Å². The van der Waals surface area contributed by atoms with Gasteiger partial charge < -0.3 is 14.5 Å². The van der Waals surface area contributed by atoms with Gasteiger partial charge in [-0.15, -0.1) is 11.3 Å². The summed E-state index contributed by atoms with van der Waals surface area (Å²) < 4.78 is 7.04. The van der Waals surface area contributed by atoms with Crippen LogP contribution in [0.1, 0.15) is 26.7 Å². The number of aromatic nitrogens is 2. The zero-order chi connectivity index (χ0) is 19.7. The Morgan fingerprint density at radius 1 is 1.32 bits per heavy atom. The lowest BCUT2D eigenvalue weighted by Crippen LogP contribution is -2.55. The van der Waals surface area contributed by atoms with Gasteiger partial charge in [-0.25, -0.2) is 4.79 Å². The molecule has 2 aliphatic heterocycles. The number of nitrogens with zero attached hydrogens (tertiary/aromatic N) is 4. The number of piperidine rings is 1. The maximum Gasteiger partial charge on any atom is 0.410 e. The minimum atomic E-state index is -0.221. The second kappa shape index (κ2) is 7.58. The van der Waals surface area contributed by atoms with Gasteiger partial charge in [-0.3, -0.25) is 9.48 Å². The topological polar surface area (TPSA) is 67.7 Å². The molecule has 28 heavy (non-hydrogen) atoms. The fourth-order valence-corrected chi connectivity index (χ4v) is 4.55. The molecule has 2 fully saturated rings. The third-order valence-corrected chi connectivity index (χ3v) is 6.28. The Morgan fingerprint density at radius 2 is 2.11 bits per heavy atom. The highest BCUT2D eigenvalue weighted by Crippen LogP contribution is 2.28. The Balaban J connectivity index is 1.31. The second-order valence-electron chi connectivity index (χ2n) is 8.33. The molecule has 0 unspecified atom stereocenters.